The summed E-state index contributed by atoms with van der Waals surface area (Å²) in [6.45, 7) is 4.40. The Morgan fingerprint density at radius 2 is 1.63 bits per heavy atom. The number of benzene rings is 1. The molecular weight excluding hydrogens is 274 g/mol. The summed E-state index contributed by atoms with van der Waals surface area (Å²) in [7, 11) is 5.29. The van der Waals surface area contributed by atoms with Crippen molar-refractivity contribution < 1.29 is 4.79 Å². The van der Waals surface area contributed by atoms with Crippen LogP contribution in [0.5, 0.6) is 0 Å². The van der Waals surface area contributed by atoms with Gasteiger partial charge in [-0.25, -0.2) is 0 Å². The first kappa shape index (κ1) is 16.4. The van der Waals surface area contributed by atoms with E-state index in [2.05, 4.69) is 37.4 Å². The van der Waals surface area contributed by atoms with Gasteiger partial charge in [0.15, 0.2) is 0 Å². The van der Waals surface area contributed by atoms with Crippen molar-refractivity contribution in [2.75, 3.05) is 12.8 Å². The van der Waals surface area contributed by atoms with Gasteiger partial charge in [-0.1, -0.05) is 53.6 Å². The van der Waals surface area contributed by atoms with Crippen LogP contribution in [0.1, 0.15) is 37.0 Å². The van der Waals surface area contributed by atoms with E-state index in [1.165, 1.54) is 16.7 Å². The van der Waals surface area contributed by atoms with Crippen molar-refractivity contribution in [2.45, 2.75) is 38.9 Å². The van der Waals surface area contributed by atoms with Gasteiger partial charge in [-0.15, -0.1) is 0 Å². The lowest BCUT2D eigenvalue weighted by molar-refractivity contribution is -0.120. The number of hydrogen-bond acceptors (Lipinski definition) is 3. The van der Waals surface area contributed by atoms with Crippen LogP contribution in [0.3, 0.4) is 0 Å². The zero-order valence-electron chi connectivity index (χ0n) is 12.0. The highest BCUT2D eigenvalue weighted by Crippen LogP contribution is 2.27. The van der Waals surface area contributed by atoms with Gasteiger partial charge in [-0.05, 0) is 29.5 Å². The SMILES string of the molecule is CCc1cc(CC)cc(CSSCCC(=O)NC)c1. The van der Waals surface area contributed by atoms with Gasteiger partial charge in [-0.2, -0.15) is 0 Å². The molecule has 2 nitrogen and oxygen atoms in total. The van der Waals surface area contributed by atoms with Crippen LogP contribution in [-0.4, -0.2) is 18.7 Å². The summed E-state index contributed by atoms with van der Waals surface area (Å²) in [4.78, 5) is 11.1. The lowest BCUT2D eigenvalue weighted by atomic mass is 10.0. The molecule has 4 heteroatoms. The molecule has 0 spiro atoms. The van der Waals surface area contributed by atoms with E-state index in [9.17, 15) is 4.79 Å². The molecule has 0 heterocycles. The predicted molar refractivity (Wildman–Crippen MR) is 87.6 cm³/mol. The third-order valence-electron chi connectivity index (χ3n) is 2.93. The van der Waals surface area contributed by atoms with E-state index in [0.717, 1.165) is 24.3 Å². The molecule has 19 heavy (non-hydrogen) atoms. The molecule has 0 aromatic heterocycles. The quantitative estimate of drug-likeness (QED) is 0.584. The lowest BCUT2D eigenvalue weighted by Gasteiger charge is -2.07. The van der Waals surface area contributed by atoms with Gasteiger partial charge < -0.3 is 5.32 Å². The Morgan fingerprint density at radius 3 is 2.16 bits per heavy atom. The summed E-state index contributed by atoms with van der Waals surface area (Å²) < 4.78 is 0. The van der Waals surface area contributed by atoms with Gasteiger partial charge >= 0.3 is 0 Å². The van der Waals surface area contributed by atoms with Crippen LogP contribution in [0.4, 0.5) is 0 Å². The molecule has 1 amide bonds. The number of carbonyl (C=O) groups is 1. The maximum atomic E-state index is 11.1. The second kappa shape index (κ2) is 9.32. The van der Waals surface area contributed by atoms with Gasteiger partial charge in [0.25, 0.3) is 0 Å². The lowest BCUT2D eigenvalue weighted by Crippen LogP contribution is -2.17. The molecule has 106 valence electrons. The highest BCUT2D eigenvalue weighted by molar-refractivity contribution is 8.76. The molecule has 1 aromatic carbocycles. The molecule has 0 saturated carbocycles. The van der Waals surface area contributed by atoms with E-state index >= 15 is 0 Å². The van der Waals surface area contributed by atoms with Crippen LogP contribution in [0.15, 0.2) is 18.2 Å². The summed E-state index contributed by atoms with van der Waals surface area (Å²) in [5.74, 6) is 2.01. The average molecular weight is 297 g/mol. The molecule has 0 aliphatic rings. The first-order valence-electron chi connectivity index (χ1n) is 6.76. The van der Waals surface area contributed by atoms with Crippen LogP contribution >= 0.6 is 21.6 Å². The van der Waals surface area contributed by atoms with E-state index in [0.29, 0.717) is 6.42 Å². The van der Waals surface area contributed by atoms with Crippen LogP contribution < -0.4 is 5.32 Å². The van der Waals surface area contributed by atoms with Crippen LogP contribution in [0, 0.1) is 0 Å². The minimum Gasteiger partial charge on any atom is -0.359 e. The number of rotatable bonds is 8. The maximum Gasteiger partial charge on any atom is 0.220 e. The van der Waals surface area contributed by atoms with Gasteiger partial charge in [-0.3, -0.25) is 4.79 Å². The van der Waals surface area contributed by atoms with Gasteiger partial charge in [0, 0.05) is 25.0 Å². The van der Waals surface area contributed by atoms with Crippen molar-refractivity contribution in [1.29, 1.82) is 0 Å². The third kappa shape index (κ3) is 6.39. The van der Waals surface area contributed by atoms with Crippen LogP contribution in [0.25, 0.3) is 0 Å². The third-order valence-corrected chi connectivity index (χ3v) is 5.27. The number of aryl methyl sites for hydroxylation is 2. The first-order valence-corrected chi connectivity index (χ1v) is 9.25. The molecule has 0 bridgehead atoms. The number of hydrogen-bond donors (Lipinski definition) is 1. The Hall–Kier alpha value is -0.610. The molecule has 0 aliphatic carbocycles. The van der Waals surface area contributed by atoms with E-state index in [-0.39, 0.29) is 5.91 Å². The average Bonchev–Trinajstić information content (AvgIpc) is 2.46. The Morgan fingerprint density at radius 1 is 1.05 bits per heavy atom. The normalized spacial score (nSPS) is 10.5. The summed E-state index contributed by atoms with van der Waals surface area (Å²) in [5.41, 5.74) is 4.24. The zero-order valence-corrected chi connectivity index (χ0v) is 13.6. The van der Waals surface area contributed by atoms with Crippen LogP contribution in [-0.2, 0) is 23.4 Å². The fraction of sp³-hybridized carbons (Fsp3) is 0.533. The highest BCUT2D eigenvalue weighted by Gasteiger charge is 2.01. The van der Waals surface area contributed by atoms with Crippen molar-refractivity contribution in [3.63, 3.8) is 0 Å². The summed E-state index contributed by atoms with van der Waals surface area (Å²) in [6.07, 6.45) is 2.79. The molecule has 0 atom stereocenters. The predicted octanol–water partition coefficient (Wildman–Crippen LogP) is 3.83. The summed E-state index contributed by atoms with van der Waals surface area (Å²) >= 11 is 0. The fourth-order valence-electron chi connectivity index (χ4n) is 1.76. The second-order valence-electron chi connectivity index (χ2n) is 4.37. The smallest absolute Gasteiger partial charge is 0.220 e. The second-order valence-corrected chi connectivity index (χ2v) is 6.95. The van der Waals surface area contributed by atoms with Gasteiger partial charge in [0.05, 0.1) is 0 Å². The summed E-state index contributed by atoms with van der Waals surface area (Å²) in [5, 5.41) is 2.64. The Labute approximate surface area is 124 Å². The topological polar surface area (TPSA) is 29.1 Å². The van der Waals surface area contributed by atoms with Crippen molar-refractivity contribution in [3.05, 3.63) is 34.9 Å². The maximum absolute atomic E-state index is 11.1. The van der Waals surface area contributed by atoms with E-state index in [1.807, 2.05) is 10.8 Å². The molecule has 0 unspecified atom stereocenters. The molecule has 0 aliphatic heterocycles. The number of carbonyl (C=O) groups excluding carboxylic acids is 1. The molecule has 0 saturated heterocycles. The van der Waals surface area contributed by atoms with Gasteiger partial charge in [0.1, 0.15) is 0 Å². The van der Waals surface area contributed by atoms with Crippen molar-refractivity contribution in [3.8, 4) is 0 Å². The van der Waals surface area contributed by atoms with E-state index in [1.54, 1.807) is 17.8 Å². The van der Waals surface area contributed by atoms with Crippen molar-refractivity contribution in [1.82, 2.24) is 5.32 Å². The minimum absolute atomic E-state index is 0.120. The first-order chi connectivity index (χ1) is 9.19. The molecule has 1 rings (SSSR count). The molecule has 0 fully saturated rings. The van der Waals surface area contributed by atoms with E-state index in [4.69, 9.17) is 0 Å². The summed E-state index contributed by atoms with van der Waals surface area (Å²) in [6, 6.07) is 6.89. The van der Waals surface area contributed by atoms with Crippen molar-refractivity contribution >= 4 is 27.5 Å². The standard InChI is InChI=1S/C15H23NOS2/c1-4-12-8-13(5-2)10-14(9-12)11-19-18-7-6-15(17)16-3/h8-10H,4-7,11H2,1-3H3,(H,16,17). The molecule has 1 N–H and O–H groups in total. The van der Waals surface area contributed by atoms with Gasteiger partial charge in [0.2, 0.25) is 5.91 Å². The molecular formula is C15H23NOS2. The number of nitrogens with one attached hydrogen (secondary N) is 1. The highest BCUT2D eigenvalue weighted by atomic mass is 33.1. The zero-order chi connectivity index (χ0) is 14.1. The Balaban J connectivity index is 2.38. The largest absolute Gasteiger partial charge is 0.359 e. The van der Waals surface area contributed by atoms with Crippen molar-refractivity contribution in [2.24, 2.45) is 0 Å². The molecule has 0 radical (unpaired) electrons. The minimum atomic E-state index is 0.120. The Kier molecular flexibility index (Phi) is 8.07. The van der Waals surface area contributed by atoms with Crippen LogP contribution in [0.2, 0.25) is 0 Å². The van der Waals surface area contributed by atoms with E-state index < -0.39 is 0 Å². The fourth-order valence-corrected chi connectivity index (χ4v) is 3.79. The monoisotopic (exact) mass is 297 g/mol. The number of amides is 1. The molecule has 1 aromatic rings. The Bertz CT molecular complexity index is 385.